The minimum atomic E-state index is 0.197. The number of ether oxygens (including phenoxy) is 1. The van der Waals surface area contributed by atoms with Gasteiger partial charge in [0, 0.05) is 18.2 Å². The quantitative estimate of drug-likeness (QED) is 0.889. The van der Waals surface area contributed by atoms with E-state index in [0.29, 0.717) is 17.3 Å². The molecule has 3 heteroatoms. The summed E-state index contributed by atoms with van der Waals surface area (Å²) in [6.07, 6.45) is 5.24. The molecule has 0 bridgehead atoms. The second-order valence-electron chi connectivity index (χ2n) is 6.74. The van der Waals surface area contributed by atoms with Gasteiger partial charge in [-0.05, 0) is 42.7 Å². The fourth-order valence-corrected chi connectivity index (χ4v) is 3.15. The third kappa shape index (κ3) is 3.08. The van der Waals surface area contributed by atoms with Gasteiger partial charge >= 0.3 is 0 Å². The molecule has 0 spiro atoms. The van der Waals surface area contributed by atoms with Crippen LogP contribution in [-0.4, -0.2) is 18.1 Å². The molecule has 2 rings (SSSR count). The van der Waals surface area contributed by atoms with Gasteiger partial charge in [0.05, 0.1) is 12.8 Å². The Morgan fingerprint density at radius 1 is 1.32 bits per heavy atom. The maximum atomic E-state index is 6.34. The molecule has 1 fully saturated rings. The van der Waals surface area contributed by atoms with E-state index in [0.717, 1.165) is 24.3 Å². The van der Waals surface area contributed by atoms with Crippen molar-refractivity contribution in [2.24, 2.45) is 17.1 Å². The highest BCUT2D eigenvalue weighted by molar-refractivity contribution is 5.31. The molecule has 3 atom stereocenters. The summed E-state index contributed by atoms with van der Waals surface area (Å²) in [6.45, 7) is 6.96. The summed E-state index contributed by atoms with van der Waals surface area (Å²) in [7, 11) is 1.70. The van der Waals surface area contributed by atoms with E-state index < -0.39 is 0 Å². The van der Waals surface area contributed by atoms with Crippen molar-refractivity contribution in [1.82, 2.24) is 4.98 Å². The first kappa shape index (κ1) is 14.3. The van der Waals surface area contributed by atoms with Crippen molar-refractivity contribution < 1.29 is 4.74 Å². The van der Waals surface area contributed by atoms with Crippen molar-refractivity contribution in [2.75, 3.05) is 7.11 Å². The molecule has 3 unspecified atom stereocenters. The number of nitrogens with two attached hydrogens (primary N) is 1. The molecule has 3 nitrogen and oxygen atoms in total. The van der Waals surface area contributed by atoms with Crippen LogP contribution in [0.5, 0.6) is 5.75 Å². The molecule has 0 saturated heterocycles. The summed E-state index contributed by atoms with van der Waals surface area (Å²) in [6, 6.07) is 4.09. The van der Waals surface area contributed by atoms with Gasteiger partial charge in [0.2, 0.25) is 0 Å². The Bertz CT molecular complexity index is 425. The van der Waals surface area contributed by atoms with Crippen molar-refractivity contribution >= 4 is 0 Å². The van der Waals surface area contributed by atoms with Gasteiger partial charge in [-0.1, -0.05) is 20.8 Å². The summed E-state index contributed by atoms with van der Waals surface area (Å²) in [4.78, 5) is 4.54. The second kappa shape index (κ2) is 5.49. The van der Waals surface area contributed by atoms with Crippen molar-refractivity contribution in [1.29, 1.82) is 0 Å². The highest BCUT2D eigenvalue weighted by Gasteiger charge is 2.36. The molecular weight excluding hydrogens is 236 g/mol. The van der Waals surface area contributed by atoms with Gasteiger partial charge < -0.3 is 10.5 Å². The average Bonchev–Trinajstić information content (AvgIpc) is 2.38. The molecule has 0 aliphatic heterocycles. The van der Waals surface area contributed by atoms with Gasteiger partial charge in [-0.25, -0.2) is 0 Å². The van der Waals surface area contributed by atoms with Gasteiger partial charge in [0.25, 0.3) is 0 Å². The van der Waals surface area contributed by atoms with Crippen LogP contribution < -0.4 is 10.5 Å². The average molecular weight is 262 g/mol. The second-order valence-corrected chi connectivity index (χ2v) is 6.74. The van der Waals surface area contributed by atoms with Crippen LogP contribution in [0.15, 0.2) is 18.3 Å². The van der Waals surface area contributed by atoms with E-state index in [1.54, 1.807) is 7.11 Å². The Morgan fingerprint density at radius 3 is 2.68 bits per heavy atom. The van der Waals surface area contributed by atoms with Crippen LogP contribution in [0.3, 0.4) is 0 Å². The van der Waals surface area contributed by atoms with Gasteiger partial charge in [-0.3, -0.25) is 4.98 Å². The molecule has 2 N–H and O–H groups in total. The van der Waals surface area contributed by atoms with Crippen LogP contribution in [0, 0.1) is 11.3 Å². The number of hydrogen-bond acceptors (Lipinski definition) is 3. The zero-order chi connectivity index (χ0) is 14.0. The molecule has 106 valence electrons. The first-order valence-electron chi connectivity index (χ1n) is 7.18. The lowest BCUT2D eigenvalue weighted by Gasteiger charge is -2.40. The molecule has 1 aliphatic rings. The lowest BCUT2D eigenvalue weighted by Crippen LogP contribution is -2.38. The molecule has 1 aromatic heterocycles. The van der Waals surface area contributed by atoms with Crippen molar-refractivity contribution in [3.63, 3.8) is 0 Å². The third-order valence-electron chi connectivity index (χ3n) is 4.50. The highest BCUT2D eigenvalue weighted by Crippen LogP contribution is 2.44. The fourth-order valence-electron chi connectivity index (χ4n) is 3.15. The maximum Gasteiger partial charge on any atom is 0.140 e. The lowest BCUT2D eigenvalue weighted by atomic mass is 9.67. The van der Waals surface area contributed by atoms with E-state index in [-0.39, 0.29) is 6.04 Å². The molecule has 1 saturated carbocycles. The highest BCUT2D eigenvalue weighted by atomic mass is 16.5. The molecule has 0 radical (unpaired) electrons. The van der Waals surface area contributed by atoms with Crippen molar-refractivity contribution in [3.05, 3.63) is 24.0 Å². The number of methoxy groups -OCH3 is 1. The standard InChI is InChI=1S/C16H26N2O/c1-16(2,3)11-7-8-13(17)12(10-11)15-14(19-4)6-5-9-18-15/h5-6,9,11-13H,7-8,10,17H2,1-4H3. The summed E-state index contributed by atoms with van der Waals surface area (Å²) in [5.41, 5.74) is 7.71. The van der Waals surface area contributed by atoms with E-state index in [2.05, 4.69) is 25.8 Å². The van der Waals surface area contributed by atoms with E-state index >= 15 is 0 Å². The van der Waals surface area contributed by atoms with Crippen LogP contribution in [0.1, 0.15) is 51.6 Å². The molecule has 1 heterocycles. The SMILES string of the molecule is COc1cccnc1C1CC(C(C)(C)C)CCC1N. The maximum absolute atomic E-state index is 6.34. The number of aromatic nitrogens is 1. The molecule has 19 heavy (non-hydrogen) atoms. The number of hydrogen-bond donors (Lipinski definition) is 1. The van der Waals surface area contributed by atoms with Gasteiger partial charge in [-0.2, -0.15) is 0 Å². The van der Waals surface area contributed by atoms with Crippen molar-refractivity contribution in [3.8, 4) is 5.75 Å². The topological polar surface area (TPSA) is 48.1 Å². The third-order valence-corrected chi connectivity index (χ3v) is 4.50. The normalized spacial score (nSPS) is 28.2. The molecule has 1 aliphatic carbocycles. The van der Waals surface area contributed by atoms with Gasteiger partial charge in [-0.15, -0.1) is 0 Å². The summed E-state index contributed by atoms with van der Waals surface area (Å²) in [5.74, 6) is 1.88. The zero-order valence-electron chi connectivity index (χ0n) is 12.5. The molecule has 1 aromatic rings. The predicted molar refractivity (Wildman–Crippen MR) is 78.3 cm³/mol. The van der Waals surface area contributed by atoms with Gasteiger partial charge in [0.15, 0.2) is 0 Å². The Labute approximate surface area is 116 Å². The smallest absolute Gasteiger partial charge is 0.140 e. The minimum Gasteiger partial charge on any atom is -0.495 e. The largest absolute Gasteiger partial charge is 0.495 e. The van der Waals surface area contributed by atoms with Crippen molar-refractivity contribution in [2.45, 2.75) is 52.0 Å². The van der Waals surface area contributed by atoms with E-state index in [1.165, 1.54) is 6.42 Å². The fraction of sp³-hybridized carbons (Fsp3) is 0.688. The zero-order valence-corrected chi connectivity index (χ0v) is 12.5. The number of nitrogens with zero attached hydrogens (tertiary/aromatic N) is 1. The molecular formula is C16H26N2O. The van der Waals surface area contributed by atoms with Crippen LogP contribution >= 0.6 is 0 Å². The summed E-state index contributed by atoms with van der Waals surface area (Å²) in [5, 5.41) is 0. The number of rotatable bonds is 2. The Balaban J connectivity index is 2.26. The first-order chi connectivity index (χ1) is 8.93. The summed E-state index contributed by atoms with van der Waals surface area (Å²) < 4.78 is 5.45. The summed E-state index contributed by atoms with van der Waals surface area (Å²) >= 11 is 0. The molecule has 0 aromatic carbocycles. The monoisotopic (exact) mass is 262 g/mol. The van der Waals surface area contributed by atoms with Crippen LogP contribution in [0.25, 0.3) is 0 Å². The Hall–Kier alpha value is -1.09. The van der Waals surface area contributed by atoms with E-state index in [1.807, 2.05) is 18.3 Å². The number of pyridine rings is 1. The molecule has 0 amide bonds. The van der Waals surface area contributed by atoms with Gasteiger partial charge in [0.1, 0.15) is 5.75 Å². The predicted octanol–water partition coefficient (Wildman–Crippen LogP) is 3.35. The Morgan fingerprint density at radius 2 is 2.05 bits per heavy atom. The minimum absolute atomic E-state index is 0.197. The van der Waals surface area contributed by atoms with Crippen LogP contribution in [-0.2, 0) is 0 Å². The van der Waals surface area contributed by atoms with E-state index in [4.69, 9.17) is 10.5 Å². The van der Waals surface area contributed by atoms with Crippen LogP contribution in [0.2, 0.25) is 0 Å². The Kier molecular flexibility index (Phi) is 4.14. The lowest BCUT2D eigenvalue weighted by molar-refractivity contribution is 0.151. The van der Waals surface area contributed by atoms with E-state index in [9.17, 15) is 0 Å². The first-order valence-corrected chi connectivity index (χ1v) is 7.18. The van der Waals surface area contributed by atoms with Crippen LogP contribution in [0.4, 0.5) is 0 Å².